The minimum atomic E-state index is -0.301. The van der Waals surface area contributed by atoms with Crippen LogP contribution in [0.15, 0.2) is 34.9 Å². The van der Waals surface area contributed by atoms with Crippen LogP contribution in [0.2, 0.25) is 0 Å². The zero-order valence-corrected chi connectivity index (χ0v) is 10.6. The number of hydrogen-bond acceptors (Lipinski definition) is 3. The molecule has 0 atom stereocenters. The summed E-state index contributed by atoms with van der Waals surface area (Å²) in [6.07, 6.45) is 1.69. The number of nitrogen functional groups attached to an aromatic ring is 1. The number of aryl methyl sites for hydroxylation is 1. The number of hydrogen-bond donors (Lipinski definition) is 1. The molecule has 0 bridgehead atoms. The summed E-state index contributed by atoms with van der Waals surface area (Å²) in [5, 5.41) is 0. The van der Waals surface area contributed by atoms with Crippen molar-refractivity contribution in [2.24, 2.45) is 0 Å². The van der Waals surface area contributed by atoms with Crippen molar-refractivity contribution < 1.29 is 8.81 Å². The van der Waals surface area contributed by atoms with Crippen LogP contribution >= 0.6 is 0 Å². The third-order valence-electron chi connectivity index (χ3n) is 2.95. The predicted octanol–water partition coefficient (Wildman–Crippen LogP) is 2.94. The predicted molar refractivity (Wildman–Crippen MR) is 69.4 cm³/mol. The van der Waals surface area contributed by atoms with Crippen LogP contribution in [-0.2, 0) is 13.1 Å². The van der Waals surface area contributed by atoms with Gasteiger partial charge in [-0.05, 0) is 37.7 Å². The Hall–Kier alpha value is -1.81. The van der Waals surface area contributed by atoms with Crippen LogP contribution in [0.4, 0.5) is 10.1 Å². The van der Waals surface area contributed by atoms with Gasteiger partial charge in [-0.1, -0.05) is 6.07 Å². The average molecular weight is 248 g/mol. The van der Waals surface area contributed by atoms with Gasteiger partial charge in [0.05, 0.1) is 6.26 Å². The van der Waals surface area contributed by atoms with Gasteiger partial charge in [0.1, 0.15) is 11.6 Å². The molecule has 1 aromatic heterocycles. The number of benzene rings is 1. The first-order valence-electron chi connectivity index (χ1n) is 5.81. The number of rotatable bonds is 4. The Balaban J connectivity index is 2.03. The van der Waals surface area contributed by atoms with Crippen LogP contribution in [0.25, 0.3) is 0 Å². The van der Waals surface area contributed by atoms with E-state index in [1.807, 2.05) is 20.0 Å². The lowest BCUT2D eigenvalue weighted by molar-refractivity contribution is 0.317. The minimum Gasteiger partial charge on any atom is -0.469 e. The number of halogens is 1. The van der Waals surface area contributed by atoms with Crippen molar-refractivity contribution in [3.8, 4) is 0 Å². The molecule has 0 saturated carbocycles. The molecule has 96 valence electrons. The lowest BCUT2D eigenvalue weighted by Gasteiger charge is -2.17. The highest BCUT2D eigenvalue weighted by Gasteiger charge is 2.08. The molecule has 2 N–H and O–H groups in total. The molecule has 4 heteroatoms. The minimum absolute atomic E-state index is 0.301. The Labute approximate surface area is 106 Å². The summed E-state index contributed by atoms with van der Waals surface area (Å²) in [7, 11) is 2.00. The van der Waals surface area contributed by atoms with E-state index in [1.54, 1.807) is 12.3 Å². The Morgan fingerprint density at radius 3 is 2.56 bits per heavy atom. The normalized spacial score (nSPS) is 11.1. The van der Waals surface area contributed by atoms with Crippen molar-refractivity contribution >= 4 is 5.69 Å². The molecule has 0 amide bonds. The van der Waals surface area contributed by atoms with Crippen LogP contribution in [0.5, 0.6) is 0 Å². The first-order valence-corrected chi connectivity index (χ1v) is 5.81. The second kappa shape index (κ2) is 5.23. The van der Waals surface area contributed by atoms with E-state index in [-0.39, 0.29) is 5.82 Å². The summed E-state index contributed by atoms with van der Waals surface area (Å²) in [4.78, 5) is 2.11. The van der Waals surface area contributed by atoms with Gasteiger partial charge in [0.2, 0.25) is 0 Å². The van der Waals surface area contributed by atoms with Gasteiger partial charge in [0.25, 0.3) is 0 Å². The van der Waals surface area contributed by atoms with Gasteiger partial charge < -0.3 is 10.2 Å². The summed E-state index contributed by atoms with van der Waals surface area (Å²) >= 11 is 0. The Morgan fingerprint density at radius 2 is 1.94 bits per heavy atom. The molecule has 0 aliphatic heterocycles. The van der Waals surface area contributed by atoms with Gasteiger partial charge in [-0.25, -0.2) is 4.39 Å². The molecule has 1 aromatic carbocycles. The SMILES string of the molecule is Cc1occc1CN(C)Cc1ccc(F)cc1N. The molecule has 0 aliphatic rings. The van der Waals surface area contributed by atoms with E-state index in [0.717, 1.165) is 23.4 Å². The fourth-order valence-corrected chi connectivity index (χ4v) is 1.92. The van der Waals surface area contributed by atoms with Crippen LogP contribution in [0.1, 0.15) is 16.9 Å². The van der Waals surface area contributed by atoms with Crippen molar-refractivity contribution in [1.82, 2.24) is 4.90 Å². The molecular formula is C14H17FN2O. The molecule has 0 spiro atoms. The smallest absolute Gasteiger partial charge is 0.125 e. The van der Waals surface area contributed by atoms with Crippen LogP contribution in [-0.4, -0.2) is 11.9 Å². The van der Waals surface area contributed by atoms with Gasteiger partial charge in [-0.15, -0.1) is 0 Å². The van der Waals surface area contributed by atoms with E-state index in [4.69, 9.17) is 10.2 Å². The second-order valence-electron chi connectivity index (χ2n) is 4.52. The third kappa shape index (κ3) is 2.90. The summed E-state index contributed by atoms with van der Waals surface area (Å²) in [5.74, 6) is 0.624. The maximum Gasteiger partial charge on any atom is 0.125 e. The molecule has 0 aliphatic carbocycles. The van der Waals surface area contributed by atoms with E-state index in [1.165, 1.54) is 12.1 Å². The number of nitrogens with two attached hydrogens (primary N) is 1. The molecule has 3 nitrogen and oxygen atoms in total. The molecule has 0 saturated heterocycles. The fourth-order valence-electron chi connectivity index (χ4n) is 1.92. The van der Waals surface area contributed by atoms with Gasteiger partial charge in [-0.2, -0.15) is 0 Å². The summed E-state index contributed by atoms with van der Waals surface area (Å²) in [6.45, 7) is 3.39. The number of anilines is 1. The topological polar surface area (TPSA) is 42.4 Å². The quantitative estimate of drug-likeness (QED) is 0.846. The van der Waals surface area contributed by atoms with Crippen molar-refractivity contribution in [3.05, 3.63) is 53.2 Å². The average Bonchev–Trinajstić information content (AvgIpc) is 2.69. The van der Waals surface area contributed by atoms with Gasteiger partial charge in [-0.3, -0.25) is 4.90 Å². The highest BCUT2D eigenvalue weighted by Crippen LogP contribution is 2.17. The first kappa shape index (κ1) is 12.6. The molecule has 1 heterocycles. The molecule has 2 aromatic rings. The largest absolute Gasteiger partial charge is 0.469 e. The maximum atomic E-state index is 12.9. The highest BCUT2D eigenvalue weighted by atomic mass is 19.1. The second-order valence-corrected chi connectivity index (χ2v) is 4.52. The monoisotopic (exact) mass is 248 g/mol. The Kier molecular flexibility index (Phi) is 3.67. The molecule has 0 radical (unpaired) electrons. The van der Waals surface area contributed by atoms with Crippen molar-refractivity contribution in [2.75, 3.05) is 12.8 Å². The molecule has 0 unspecified atom stereocenters. The lowest BCUT2D eigenvalue weighted by Crippen LogP contribution is -2.18. The van der Waals surface area contributed by atoms with E-state index in [0.29, 0.717) is 12.2 Å². The fraction of sp³-hybridized carbons (Fsp3) is 0.286. The third-order valence-corrected chi connectivity index (χ3v) is 2.95. The standard InChI is InChI=1S/C14H17FN2O/c1-10-11(5-6-18-10)8-17(2)9-12-3-4-13(15)7-14(12)16/h3-7H,8-9,16H2,1-2H3. The van der Waals surface area contributed by atoms with Gasteiger partial charge in [0.15, 0.2) is 0 Å². The van der Waals surface area contributed by atoms with E-state index in [2.05, 4.69) is 4.90 Å². The molecule has 18 heavy (non-hydrogen) atoms. The van der Waals surface area contributed by atoms with Crippen molar-refractivity contribution in [1.29, 1.82) is 0 Å². The van der Waals surface area contributed by atoms with Crippen molar-refractivity contribution in [2.45, 2.75) is 20.0 Å². The highest BCUT2D eigenvalue weighted by molar-refractivity contribution is 5.46. The van der Waals surface area contributed by atoms with Crippen molar-refractivity contribution in [3.63, 3.8) is 0 Å². The number of nitrogens with zero attached hydrogens (tertiary/aromatic N) is 1. The van der Waals surface area contributed by atoms with Crippen LogP contribution in [0.3, 0.4) is 0 Å². The first-order chi connectivity index (χ1) is 8.56. The molecule has 0 fully saturated rings. The summed E-state index contributed by atoms with van der Waals surface area (Å²) in [5.41, 5.74) is 8.36. The van der Waals surface area contributed by atoms with E-state index < -0.39 is 0 Å². The van der Waals surface area contributed by atoms with Crippen LogP contribution < -0.4 is 5.73 Å². The maximum absolute atomic E-state index is 12.9. The summed E-state index contributed by atoms with van der Waals surface area (Å²) < 4.78 is 18.2. The Bertz CT molecular complexity index is 536. The lowest BCUT2D eigenvalue weighted by atomic mass is 10.1. The van der Waals surface area contributed by atoms with Gasteiger partial charge in [0, 0.05) is 24.3 Å². The van der Waals surface area contributed by atoms with Gasteiger partial charge >= 0.3 is 0 Å². The number of furan rings is 1. The van der Waals surface area contributed by atoms with E-state index in [9.17, 15) is 4.39 Å². The Morgan fingerprint density at radius 1 is 1.22 bits per heavy atom. The zero-order valence-electron chi connectivity index (χ0n) is 10.6. The summed E-state index contributed by atoms with van der Waals surface area (Å²) in [6, 6.07) is 6.47. The zero-order chi connectivity index (χ0) is 13.1. The molecule has 2 rings (SSSR count). The van der Waals surface area contributed by atoms with E-state index >= 15 is 0 Å². The molecular weight excluding hydrogens is 231 g/mol. The van der Waals surface area contributed by atoms with Crippen LogP contribution in [0, 0.1) is 12.7 Å².